The van der Waals surface area contributed by atoms with Crippen molar-refractivity contribution in [2.75, 3.05) is 31.1 Å². The van der Waals surface area contributed by atoms with Crippen LogP contribution >= 0.6 is 0 Å². The highest BCUT2D eigenvalue weighted by Gasteiger charge is 2.37. The predicted molar refractivity (Wildman–Crippen MR) is 132 cm³/mol. The van der Waals surface area contributed by atoms with Crippen molar-refractivity contribution in [1.29, 1.82) is 0 Å². The summed E-state index contributed by atoms with van der Waals surface area (Å²) in [6, 6.07) is 15.1. The number of carbonyl (C=O) groups excluding carboxylic acids is 2. The third-order valence-electron chi connectivity index (χ3n) is 6.71. The molecule has 2 fully saturated rings. The minimum Gasteiger partial charge on any atom is -0.340 e. The van der Waals surface area contributed by atoms with E-state index in [9.17, 15) is 22.4 Å². The van der Waals surface area contributed by atoms with Gasteiger partial charge in [0.15, 0.2) is 9.84 Å². The Morgan fingerprint density at radius 1 is 1.00 bits per heavy atom. The lowest BCUT2D eigenvalue weighted by atomic mass is 10.1. The number of hydrogen-bond acceptors (Lipinski definition) is 5. The zero-order valence-corrected chi connectivity index (χ0v) is 20.5. The Balaban J connectivity index is 1.26. The van der Waals surface area contributed by atoms with Crippen molar-refractivity contribution in [3.05, 3.63) is 71.5 Å². The molecule has 2 amide bonds. The molecule has 188 valence electrons. The van der Waals surface area contributed by atoms with E-state index in [1.807, 2.05) is 18.2 Å². The van der Waals surface area contributed by atoms with E-state index in [4.69, 9.17) is 0 Å². The minimum atomic E-state index is -3.10. The Morgan fingerprint density at radius 3 is 2.37 bits per heavy atom. The summed E-state index contributed by atoms with van der Waals surface area (Å²) in [4.78, 5) is 27.4. The summed E-state index contributed by atoms with van der Waals surface area (Å²) in [5.74, 6) is -0.446. The molecule has 3 atom stereocenters. The van der Waals surface area contributed by atoms with Crippen molar-refractivity contribution in [3.8, 4) is 0 Å². The number of unbranched alkanes of at least 4 members (excludes halogenated alkanes) is 1. The van der Waals surface area contributed by atoms with Crippen molar-refractivity contribution >= 4 is 21.7 Å². The van der Waals surface area contributed by atoms with E-state index in [0.717, 1.165) is 31.4 Å². The molecule has 1 saturated carbocycles. The average Bonchev–Trinajstić information content (AvgIpc) is 3.63. The number of sulfone groups is 1. The van der Waals surface area contributed by atoms with Gasteiger partial charge in [-0.25, -0.2) is 12.8 Å². The second-order valence-electron chi connectivity index (χ2n) is 9.32. The van der Waals surface area contributed by atoms with Gasteiger partial charge in [0, 0.05) is 30.6 Å². The zero-order valence-electron chi connectivity index (χ0n) is 19.7. The van der Waals surface area contributed by atoms with Crippen molar-refractivity contribution in [2.24, 2.45) is 0 Å². The number of halogens is 1. The lowest BCUT2D eigenvalue weighted by Crippen LogP contribution is -2.52. The van der Waals surface area contributed by atoms with Crippen LogP contribution < -0.4 is 10.6 Å². The van der Waals surface area contributed by atoms with Gasteiger partial charge in [0.25, 0.3) is 5.91 Å². The number of nitrogens with zero attached hydrogens (tertiary/aromatic N) is 1. The topological polar surface area (TPSA) is 95.6 Å². The second kappa shape index (κ2) is 11.3. The van der Waals surface area contributed by atoms with E-state index >= 15 is 0 Å². The van der Waals surface area contributed by atoms with E-state index in [-0.39, 0.29) is 42.2 Å². The van der Waals surface area contributed by atoms with Crippen LogP contribution in [0.5, 0.6) is 0 Å². The molecule has 7 nitrogen and oxygen atoms in total. The Labute approximate surface area is 206 Å². The van der Waals surface area contributed by atoms with Crippen molar-refractivity contribution in [2.45, 2.75) is 43.7 Å². The molecule has 0 unspecified atom stereocenters. The quantitative estimate of drug-likeness (QED) is 0.488. The molecule has 2 aromatic carbocycles. The summed E-state index contributed by atoms with van der Waals surface area (Å²) in [5, 5.41) is 6.38. The molecule has 4 rings (SSSR count). The molecule has 0 aromatic heterocycles. The summed E-state index contributed by atoms with van der Waals surface area (Å²) in [7, 11) is -3.10. The fraction of sp³-hybridized carbons (Fsp3) is 0.462. The number of hydrogen-bond donors (Lipinski definition) is 2. The van der Waals surface area contributed by atoms with Gasteiger partial charge in [0.2, 0.25) is 5.91 Å². The van der Waals surface area contributed by atoms with Gasteiger partial charge in [0.05, 0.1) is 11.5 Å². The summed E-state index contributed by atoms with van der Waals surface area (Å²) >= 11 is 0. The van der Waals surface area contributed by atoms with Gasteiger partial charge in [0.1, 0.15) is 11.9 Å². The maximum absolute atomic E-state index is 13.2. The van der Waals surface area contributed by atoms with Gasteiger partial charge in [-0.15, -0.1) is 0 Å². The monoisotopic (exact) mass is 501 g/mol. The highest BCUT2D eigenvalue weighted by Crippen LogP contribution is 2.40. The smallest absolute Gasteiger partial charge is 0.251 e. The number of benzene rings is 2. The summed E-state index contributed by atoms with van der Waals surface area (Å²) < 4.78 is 36.6. The fourth-order valence-corrected chi connectivity index (χ4v) is 5.70. The van der Waals surface area contributed by atoms with Gasteiger partial charge in [-0.2, -0.15) is 0 Å². The standard InChI is InChI=1S/C26H32FN3O4S/c27-21-11-9-19(10-12-21)22-18-24(22)28-13-5-4-8-23(29-25(31)20-6-2-1-3-7-20)26(32)30-14-16-35(33,34)17-15-30/h1-3,6-7,9-12,22-24,28H,4-5,8,13-18H2,(H,29,31)/t22-,23-,24+/m0/s1. The van der Waals surface area contributed by atoms with Gasteiger partial charge in [-0.05, 0) is 62.1 Å². The van der Waals surface area contributed by atoms with Crippen LogP contribution in [0.3, 0.4) is 0 Å². The maximum Gasteiger partial charge on any atom is 0.251 e. The van der Waals surface area contributed by atoms with E-state index in [1.54, 1.807) is 29.2 Å². The van der Waals surface area contributed by atoms with Crippen LogP contribution in [0, 0.1) is 5.82 Å². The number of rotatable bonds is 10. The van der Waals surface area contributed by atoms with Gasteiger partial charge in [-0.3, -0.25) is 9.59 Å². The molecular weight excluding hydrogens is 469 g/mol. The molecule has 1 aliphatic heterocycles. The first-order valence-corrected chi connectivity index (χ1v) is 14.0. The van der Waals surface area contributed by atoms with Crippen LogP contribution in [0.15, 0.2) is 54.6 Å². The molecule has 9 heteroatoms. The van der Waals surface area contributed by atoms with E-state index in [1.165, 1.54) is 12.1 Å². The summed E-state index contributed by atoms with van der Waals surface area (Å²) in [6.07, 6.45) is 3.08. The van der Waals surface area contributed by atoms with E-state index < -0.39 is 15.9 Å². The van der Waals surface area contributed by atoms with Crippen LogP contribution in [0.4, 0.5) is 4.39 Å². The normalized spacial score (nSPS) is 21.8. The first-order valence-electron chi connectivity index (χ1n) is 12.2. The van der Waals surface area contributed by atoms with Crippen molar-refractivity contribution in [3.63, 3.8) is 0 Å². The third-order valence-corrected chi connectivity index (χ3v) is 8.32. The molecular formula is C26H32FN3O4S. The van der Waals surface area contributed by atoms with Crippen molar-refractivity contribution in [1.82, 2.24) is 15.5 Å². The fourth-order valence-electron chi connectivity index (χ4n) is 4.50. The molecule has 1 saturated heterocycles. The third kappa shape index (κ3) is 7.11. The Bertz CT molecular complexity index is 1110. The lowest BCUT2D eigenvalue weighted by Gasteiger charge is -2.30. The molecule has 0 radical (unpaired) electrons. The number of amides is 2. The zero-order chi connectivity index (χ0) is 24.8. The Kier molecular flexibility index (Phi) is 8.18. The lowest BCUT2D eigenvalue weighted by molar-refractivity contribution is -0.133. The highest BCUT2D eigenvalue weighted by molar-refractivity contribution is 7.91. The second-order valence-corrected chi connectivity index (χ2v) is 11.6. The summed E-state index contributed by atoms with van der Waals surface area (Å²) in [5.41, 5.74) is 1.62. The largest absolute Gasteiger partial charge is 0.340 e. The molecule has 0 bridgehead atoms. The van der Waals surface area contributed by atoms with Crippen molar-refractivity contribution < 1.29 is 22.4 Å². The minimum absolute atomic E-state index is 0.0430. The van der Waals surface area contributed by atoms with Gasteiger partial charge < -0.3 is 15.5 Å². The first-order chi connectivity index (χ1) is 16.8. The molecule has 1 heterocycles. The molecule has 2 N–H and O–H groups in total. The average molecular weight is 502 g/mol. The van der Waals surface area contributed by atoms with E-state index in [2.05, 4.69) is 10.6 Å². The molecule has 35 heavy (non-hydrogen) atoms. The van der Waals surface area contributed by atoms with Crippen LogP contribution in [0.25, 0.3) is 0 Å². The summed E-state index contributed by atoms with van der Waals surface area (Å²) in [6.45, 7) is 1.11. The van der Waals surface area contributed by atoms with Crippen LogP contribution in [-0.2, 0) is 14.6 Å². The number of nitrogens with one attached hydrogen (secondary N) is 2. The SMILES string of the molecule is O=C(N[C@@H](CCCCN[C@@H]1C[C@H]1c1ccc(F)cc1)C(=O)N1CCS(=O)(=O)CC1)c1ccccc1. The van der Waals surface area contributed by atoms with Crippen LogP contribution in [0.2, 0.25) is 0 Å². The Morgan fingerprint density at radius 2 is 1.69 bits per heavy atom. The maximum atomic E-state index is 13.2. The van der Waals surface area contributed by atoms with Crippen LogP contribution in [-0.4, -0.2) is 68.4 Å². The number of carbonyl (C=O) groups is 2. The Hall–Kier alpha value is -2.78. The van der Waals surface area contributed by atoms with Gasteiger partial charge >= 0.3 is 0 Å². The first kappa shape index (κ1) is 25.3. The molecule has 0 spiro atoms. The molecule has 1 aliphatic carbocycles. The molecule has 2 aliphatic rings. The highest BCUT2D eigenvalue weighted by atomic mass is 32.2. The van der Waals surface area contributed by atoms with Gasteiger partial charge in [-0.1, -0.05) is 30.3 Å². The van der Waals surface area contributed by atoms with E-state index in [0.29, 0.717) is 23.9 Å². The van der Waals surface area contributed by atoms with Crippen LogP contribution in [0.1, 0.15) is 47.5 Å². The predicted octanol–water partition coefficient (Wildman–Crippen LogP) is 2.50. The molecule has 2 aromatic rings.